The highest BCUT2D eigenvalue weighted by atomic mass is 16.5. The monoisotopic (exact) mass is 223 g/mol. The number of aryl methyl sites for hydroxylation is 2. The van der Waals surface area contributed by atoms with Gasteiger partial charge in [0.2, 0.25) is 0 Å². The molecule has 2 rings (SSSR count). The molecular formula is C11H17N3O2. The number of ether oxygens (including phenoxy) is 1. The van der Waals surface area contributed by atoms with Crippen LogP contribution < -0.4 is 5.73 Å². The third-order valence-corrected chi connectivity index (χ3v) is 2.81. The highest BCUT2D eigenvalue weighted by Gasteiger charge is 2.26. The molecule has 1 aromatic rings. The first-order valence-electron chi connectivity index (χ1n) is 5.63. The van der Waals surface area contributed by atoms with Gasteiger partial charge in [-0.3, -0.25) is 4.68 Å². The highest BCUT2D eigenvalue weighted by Crippen LogP contribution is 2.29. The second kappa shape index (κ2) is 4.15. The second-order valence-corrected chi connectivity index (χ2v) is 4.21. The zero-order valence-electron chi connectivity index (χ0n) is 9.69. The van der Waals surface area contributed by atoms with Crippen molar-refractivity contribution in [1.29, 1.82) is 0 Å². The van der Waals surface area contributed by atoms with E-state index in [1.807, 2.05) is 6.92 Å². The van der Waals surface area contributed by atoms with Gasteiger partial charge in [0.05, 0.1) is 18.0 Å². The van der Waals surface area contributed by atoms with E-state index in [2.05, 4.69) is 5.10 Å². The SMILES string of the molecule is CCn1nc(C)c(N)c1C(=O)OCC1CC1. The first-order chi connectivity index (χ1) is 7.63. The number of hydrogen-bond donors (Lipinski definition) is 1. The van der Waals surface area contributed by atoms with Crippen LogP contribution in [0.3, 0.4) is 0 Å². The molecule has 0 amide bonds. The lowest BCUT2D eigenvalue weighted by atomic mass is 10.3. The smallest absolute Gasteiger partial charge is 0.358 e. The van der Waals surface area contributed by atoms with Gasteiger partial charge in [-0.05, 0) is 32.6 Å². The third kappa shape index (κ3) is 2.03. The molecule has 2 N–H and O–H groups in total. The van der Waals surface area contributed by atoms with Crippen LogP contribution in [0.1, 0.15) is 35.9 Å². The molecule has 0 spiro atoms. The molecule has 1 heterocycles. The van der Waals surface area contributed by atoms with Gasteiger partial charge in [-0.2, -0.15) is 5.10 Å². The number of carbonyl (C=O) groups excluding carboxylic acids is 1. The summed E-state index contributed by atoms with van der Waals surface area (Å²) in [6, 6.07) is 0. The number of carbonyl (C=O) groups is 1. The average Bonchev–Trinajstić information content (AvgIpc) is 3.04. The fraction of sp³-hybridized carbons (Fsp3) is 0.636. The maximum absolute atomic E-state index is 11.8. The van der Waals surface area contributed by atoms with Crippen LogP contribution >= 0.6 is 0 Å². The number of esters is 1. The highest BCUT2D eigenvalue weighted by molar-refractivity contribution is 5.93. The normalized spacial score (nSPS) is 15.1. The number of nitrogens with two attached hydrogens (primary N) is 1. The van der Waals surface area contributed by atoms with Crippen LogP contribution in [0, 0.1) is 12.8 Å². The van der Waals surface area contributed by atoms with Crippen LogP contribution in [-0.2, 0) is 11.3 Å². The van der Waals surface area contributed by atoms with E-state index in [-0.39, 0.29) is 5.97 Å². The van der Waals surface area contributed by atoms with E-state index in [1.54, 1.807) is 11.6 Å². The van der Waals surface area contributed by atoms with Crippen molar-refractivity contribution in [1.82, 2.24) is 9.78 Å². The maximum Gasteiger partial charge on any atom is 0.358 e. The lowest BCUT2D eigenvalue weighted by Gasteiger charge is -2.06. The van der Waals surface area contributed by atoms with Gasteiger partial charge in [0, 0.05) is 6.54 Å². The van der Waals surface area contributed by atoms with Gasteiger partial charge in [-0.1, -0.05) is 0 Å². The number of anilines is 1. The van der Waals surface area contributed by atoms with Crippen LogP contribution in [0.2, 0.25) is 0 Å². The molecule has 0 aliphatic heterocycles. The van der Waals surface area contributed by atoms with E-state index in [4.69, 9.17) is 10.5 Å². The molecule has 0 aromatic carbocycles. The predicted octanol–water partition coefficient (Wildman–Crippen LogP) is 1.36. The summed E-state index contributed by atoms with van der Waals surface area (Å²) in [6.07, 6.45) is 2.32. The molecule has 0 bridgehead atoms. The van der Waals surface area contributed by atoms with Gasteiger partial charge in [-0.15, -0.1) is 0 Å². The molecule has 1 aromatic heterocycles. The largest absolute Gasteiger partial charge is 0.461 e. The van der Waals surface area contributed by atoms with Crippen molar-refractivity contribution in [2.45, 2.75) is 33.2 Å². The summed E-state index contributed by atoms with van der Waals surface area (Å²) < 4.78 is 6.81. The van der Waals surface area contributed by atoms with Crippen molar-refractivity contribution >= 4 is 11.7 Å². The van der Waals surface area contributed by atoms with Crippen molar-refractivity contribution in [3.63, 3.8) is 0 Å². The van der Waals surface area contributed by atoms with Crippen LogP contribution in [0.15, 0.2) is 0 Å². The van der Waals surface area contributed by atoms with Crippen molar-refractivity contribution in [3.8, 4) is 0 Å². The zero-order valence-corrected chi connectivity index (χ0v) is 9.69. The molecule has 16 heavy (non-hydrogen) atoms. The van der Waals surface area contributed by atoms with E-state index >= 15 is 0 Å². The minimum Gasteiger partial charge on any atom is -0.461 e. The quantitative estimate of drug-likeness (QED) is 0.782. The molecule has 1 aliphatic carbocycles. The predicted molar refractivity (Wildman–Crippen MR) is 60.1 cm³/mol. The number of nitrogen functional groups attached to an aromatic ring is 1. The Bertz CT molecular complexity index is 408. The van der Waals surface area contributed by atoms with Gasteiger partial charge in [0.25, 0.3) is 0 Å². The Kier molecular flexibility index (Phi) is 2.85. The molecule has 0 saturated heterocycles. The first-order valence-corrected chi connectivity index (χ1v) is 5.63. The fourth-order valence-electron chi connectivity index (χ4n) is 1.59. The Morgan fingerprint density at radius 1 is 1.62 bits per heavy atom. The van der Waals surface area contributed by atoms with E-state index < -0.39 is 0 Å². The summed E-state index contributed by atoms with van der Waals surface area (Å²) in [5.41, 5.74) is 7.32. The first kappa shape index (κ1) is 11.0. The summed E-state index contributed by atoms with van der Waals surface area (Å²) in [4.78, 5) is 11.8. The molecule has 5 heteroatoms. The summed E-state index contributed by atoms with van der Waals surface area (Å²) >= 11 is 0. The minimum atomic E-state index is -0.355. The van der Waals surface area contributed by atoms with Crippen molar-refractivity contribution < 1.29 is 9.53 Å². The molecule has 88 valence electrons. The molecule has 0 unspecified atom stereocenters. The fourth-order valence-corrected chi connectivity index (χ4v) is 1.59. The Hall–Kier alpha value is -1.52. The minimum absolute atomic E-state index is 0.355. The number of aromatic nitrogens is 2. The van der Waals surface area contributed by atoms with Gasteiger partial charge < -0.3 is 10.5 Å². The molecular weight excluding hydrogens is 206 g/mol. The van der Waals surface area contributed by atoms with Crippen LogP contribution in [0.25, 0.3) is 0 Å². The van der Waals surface area contributed by atoms with Crippen molar-refractivity contribution in [2.24, 2.45) is 5.92 Å². The van der Waals surface area contributed by atoms with E-state index in [9.17, 15) is 4.79 Å². The van der Waals surface area contributed by atoms with Gasteiger partial charge in [0.15, 0.2) is 5.69 Å². The molecule has 1 fully saturated rings. The van der Waals surface area contributed by atoms with E-state index in [0.717, 1.165) is 12.8 Å². The Labute approximate surface area is 94.6 Å². The average molecular weight is 223 g/mol. The summed E-state index contributed by atoms with van der Waals surface area (Å²) in [5.74, 6) is 0.205. The van der Waals surface area contributed by atoms with Crippen molar-refractivity contribution in [3.05, 3.63) is 11.4 Å². The molecule has 1 saturated carbocycles. The summed E-state index contributed by atoms with van der Waals surface area (Å²) in [5, 5.41) is 4.18. The van der Waals surface area contributed by atoms with Gasteiger partial charge in [0.1, 0.15) is 0 Å². The Morgan fingerprint density at radius 3 is 2.88 bits per heavy atom. The van der Waals surface area contributed by atoms with Crippen molar-refractivity contribution in [2.75, 3.05) is 12.3 Å². The number of rotatable bonds is 4. The third-order valence-electron chi connectivity index (χ3n) is 2.81. The lowest BCUT2D eigenvalue weighted by Crippen LogP contribution is -2.15. The van der Waals surface area contributed by atoms with E-state index in [0.29, 0.717) is 36.1 Å². The topological polar surface area (TPSA) is 70.1 Å². The standard InChI is InChI=1S/C11H17N3O2/c1-3-14-10(9(12)7(2)13-14)11(15)16-6-8-4-5-8/h8H,3-6,12H2,1-2H3. The van der Waals surface area contributed by atoms with Gasteiger partial charge >= 0.3 is 5.97 Å². The van der Waals surface area contributed by atoms with Crippen LogP contribution in [0.5, 0.6) is 0 Å². The summed E-state index contributed by atoms with van der Waals surface area (Å²) in [7, 11) is 0. The molecule has 1 aliphatic rings. The Morgan fingerprint density at radius 2 is 2.31 bits per heavy atom. The summed E-state index contributed by atoms with van der Waals surface area (Å²) in [6.45, 7) is 4.83. The zero-order chi connectivity index (χ0) is 11.7. The number of hydrogen-bond acceptors (Lipinski definition) is 4. The Balaban J connectivity index is 2.13. The van der Waals surface area contributed by atoms with Crippen LogP contribution in [0.4, 0.5) is 5.69 Å². The number of nitrogens with zero attached hydrogens (tertiary/aromatic N) is 2. The van der Waals surface area contributed by atoms with E-state index in [1.165, 1.54) is 0 Å². The maximum atomic E-state index is 11.8. The van der Waals surface area contributed by atoms with Gasteiger partial charge in [-0.25, -0.2) is 4.79 Å². The molecule has 0 radical (unpaired) electrons. The second-order valence-electron chi connectivity index (χ2n) is 4.21. The van der Waals surface area contributed by atoms with Crippen LogP contribution in [-0.4, -0.2) is 22.4 Å². The molecule has 0 atom stereocenters. The molecule has 5 nitrogen and oxygen atoms in total. The lowest BCUT2D eigenvalue weighted by molar-refractivity contribution is 0.0473.